The molecule has 0 bridgehead atoms. The molecule has 1 nitrogen and oxygen atoms in total. The van der Waals surface area contributed by atoms with E-state index in [-0.39, 0.29) is 16.8 Å². The molecule has 0 amide bonds. The Hall–Kier alpha value is -1.45. The SMILES string of the molecule is CNCC(Cc1ccc(F)c(Cl)c1)c1cccc(F)c1. The lowest BCUT2D eigenvalue weighted by molar-refractivity contribution is 0.599. The molecule has 1 atom stereocenters. The molecule has 0 fully saturated rings. The van der Waals surface area contributed by atoms with Crippen molar-refractivity contribution < 1.29 is 8.78 Å². The Balaban J connectivity index is 2.22. The third kappa shape index (κ3) is 3.78. The highest BCUT2D eigenvalue weighted by Gasteiger charge is 2.13. The van der Waals surface area contributed by atoms with Gasteiger partial charge >= 0.3 is 0 Å². The number of benzene rings is 2. The van der Waals surface area contributed by atoms with Gasteiger partial charge in [0.2, 0.25) is 0 Å². The van der Waals surface area contributed by atoms with Crippen LogP contribution in [0.4, 0.5) is 8.78 Å². The Morgan fingerprint density at radius 3 is 2.60 bits per heavy atom. The van der Waals surface area contributed by atoms with Crippen molar-refractivity contribution in [1.82, 2.24) is 5.32 Å². The largest absolute Gasteiger partial charge is 0.319 e. The van der Waals surface area contributed by atoms with Gasteiger partial charge in [0, 0.05) is 12.5 Å². The highest BCUT2D eigenvalue weighted by atomic mass is 35.5. The molecule has 0 aliphatic heterocycles. The average molecular weight is 296 g/mol. The lowest BCUT2D eigenvalue weighted by Crippen LogP contribution is -2.19. The van der Waals surface area contributed by atoms with Crippen LogP contribution in [0.1, 0.15) is 17.0 Å². The predicted octanol–water partition coefficient (Wildman–Crippen LogP) is 4.16. The monoisotopic (exact) mass is 295 g/mol. The summed E-state index contributed by atoms with van der Waals surface area (Å²) in [5, 5.41) is 3.22. The molecule has 2 aromatic rings. The van der Waals surface area contributed by atoms with Crippen LogP contribution in [0.5, 0.6) is 0 Å². The second-order valence-electron chi connectivity index (χ2n) is 4.76. The van der Waals surface area contributed by atoms with Crippen LogP contribution in [0.25, 0.3) is 0 Å². The minimum Gasteiger partial charge on any atom is -0.319 e. The third-order valence-electron chi connectivity index (χ3n) is 3.24. The first-order valence-corrected chi connectivity index (χ1v) is 6.82. The summed E-state index contributed by atoms with van der Waals surface area (Å²) in [6.07, 6.45) is 0.671. The van der Waals surface area contributed by atoms with Gasteiger partial charge in [-0.1, -0.05) is 29.8 Å². The molecule has 1 unspecified atom stereocenters. The molecule has 4 heteroatoms. The number of rotatable bonds is 5. The lowest BCUT2D eigenvalue weighted by Gasteiger charge is -2.17. The quantitative estimate of drug-likeness (QED) is 0.873. The van der Waals surface area contributed by atoms with Crippen molar-refractivity contribution in [3.63, 3.8) is 0 Å². The lowest BCUT2D eigenvalue weighted by atomic mass is 9.92. The summed E-state index contributed by atoms with van der Waals surface area (Å²) in [5.41, 5.74) is 1.85. The van der Waals surface area contributed by atoms with Gasteiger partial charge in [-0.3, -0.25) is 0 Å². The molecule has 2 aromatic carbocycles. The molecule has 20 heavy (non-hydrogen) atoms. The maximum Gasteiger partial charge on any atom is 0.141 e. The minimum absolute atomic E-state index is 0.109. The van der Waals surface area contributed by atoms with Crippen LogP contribution >= 0.6 is 11.6 Å². The highest BCUT2D eigenvalue weighted by molar-refractivity contribution is 6.30. The molecule has 0 radical (unpaired) electrons. The third-order valence-corrected chi connectivity index (χ3v) is 3.53. The molecule has 106 valence electrons. The summed E-state index contributed by atoms with van der Waals surface area (Å²) in [7, 11) is 1.85. The van der Waals surface area contributed by atoms with Gasteiger partial charge in [-0.15, -0.1) is 0 Å². The number of nitrogens with one attached hydrogen (secondary N) is 1. The van der Waals surface area contributed by atoms with Crippen molar-refractivity contribution in [2.75, 3.05) is 13.6 Å². The topological polar surface area (TPSA) is 12.0 Å². The zero-order valence-corrected chi connectivity index (χ0v) is 11.9. The second-order valence-corrected chi connectivity index (χ2v) is 5.17. The van der Waals surface area contributed by atoms with E-state index in [0.717, 1.165) is 11.1 Å². The first kappa shape index (κ1) is 14.9. The van der Waals surface area contributed by atoms with Crippen molar-refractivity contribution in [2.45, 2.75) is 12.3 Å². The molecule has 0 heterocycles. The Labute approximate surface area is 122 Å². The zero-order chi connectivity index (χ0) is 14.5. The second kappa shape index (κ2) is 6.82. The number of likely N-dealkylation sites (N-methyl/N-ethyl adjacent to an activating group) is 1. The van der Waals surface area contributed by atoms with Crippen molar-refractivity contribution in [2.24, 2.45) is 0 Å². The average Bonchev–Trinajstić information content (AvgIpc) is 2.42. The van der Waals surface area contributed by atoms with Gasteiger partial charge in [-0.05, 0) is 48.9 Å². The van der Waals surface area contributed by atoms with E-state index in [2.05, 4.69) is 5.32 Å². The molecule has 0 aromatic heterocycles. The van der Waals surface area contributed by atoms with Crippen molar-refractivity contribution in [3.05, 3.63) is 70.2 Å². The molecular formula is C16H16ClF2N. The summed E-state index contributed by atoms with van der Waals surface area (Å²) in [6.45, 7) is 0.707. The molecule has 0 saturated heterocycles. The number of hydrogen-bond acceptors (Lipinski definition) is 1. The van der Waals surface area contributed by atoms with Crippen LogP contribution < -0.4 is 5.32 Å². The maximum atomic E-state index is 13.3. The fourth-order valence-electron chi connectivity index (χ4n) is 2.27. The van der Waals surface area contributed by atoms with Gasteiger partial charge in [0.05, 0.1) is 5.02 Å². The fourth-order valence-corrected chi connectivity index (χ4v) is 2.47. The molecule has 1 N–H and O–H groups in total. The predicted molar refractivity (Wildman–Crippen MR) is 78.2 cm³/mol. The molecule has 0 aliphatic carbocycles. The van der Waals surface area contributed by atoms with E-state index in [1.54, 1.807) is 18.2 Å². The molecule has 2 rings (SSSR count). The van der Waals surface area contributed by atoms with E-state index in [1.165, 1.54) is 18.2 Å². The van der Waals surface area contributed by atoms with Crippen LogP contribution in [0, 0.1) is 11.6 Å². The Bertz CT molecular complexity index is 586. The smallest absolute Gasteiger partial charge is 0.141 e. The number of halogens is 3. The van der Waals surface area contributed by atoms with Gasteiger partial charge in [-0.2, -0.15) is 0 Å². The van der Waals surface area contributed by atoms with Crippen LogP contribution in [0.3, 0.4) is 0 Å². The van der Waals surface area contributed by atoms with Crippen LogP contribution in [0.15, 0.2) is 42.5 Å². The van der Waals surface area contributed by atoms with Crippen LogP contribution in [-0.4, -0.2) is 13.6 Å². The standard InChI is InChI=1S/C16H16ClF2N/c1-20-10-13(12-3-2-4-14(18)9-12)7-11-5-6-16(19)15(17)8-11/h2-6,8-9,13,20H,7,10H2,1H3. The van der Waals surface area contributed by atoms with Gasteiger partial charge in [0.25, 0.3) is 0 Å². The molecule has 0 saturated carbocycles. The van der Waals surface area contributed by atoms with E-state index < -0.39 is 5.82 Å². The summed E-state index contributed by atoms with van der Waals surface area (Å²) in [6, 6.07) is 11.3. The first-order valence-electron chi connectivity index (χ1n) is 6.44. The van der Waals surface area contributed by atoms with E-state index in [9.17, 15) is 8.78 Å². The summed E-state index contributed by atoms with van der Waals surface area (Å²) >= 11 is 5.79. The summed E-state index contributed by atoms with van der Waals surface area (Å²) in [5.74, 6) is -0.565. The van der Waals surface area contributed by atoms with Crippen LogP contribution in [0.2, 0.25) is 5.02 Å². The molecule has 0 spiro atoms. The van der Waals surface area contributed by atoms with Crippen molar-refractivity contribution >= 4 is 11.6 Å². The highest BCUT2D eigenvalue weighted by Crippen LogP contribution is 2.24. The van der Waals surface area contributed by atoms with E-state index in [4.69, 9.17) is 11.6 Å². The number of hydrogen-bond donors (Lipinski definition) is 1. The zero-order valence-electron chi connectivity index (χ0n) is 11.2. The Morgan fingerprint density at radius 2 is 1.95 bits per heavy atom. The van der Waals surface area contributed by atoms with E-state index in [0.29, 0.717) is 13.0 Å². The van der Waals surface area contributed by atoms with Crippen LogP contribution in [-0.2, 0) is 6.42 Å². The van der Waals surface area contributed by atoms with Crippen molar-refractivity contribution in [1.29, 1.82) is 0 Å². The molecular weight excluding hydrogens is 280 g/mol. The maximum absolute atomic E-state index is 13.3. The Morgan fingerprint density at radius 1 is 1.15 bits per heavy atom. The fraction of sp³-hybridized carbons (Fsp3) is 0.250. The first-order chi connectivity index (χ1) is 9.60. The van der Waals surface area contributed by atoms with E-state index >= 15 is 0 Å². The van der Waals surface area contributed by atoms with Crippen molar-refractivity contribution in [3.8, 4) is 0 Å². The van der Waals surface area contributed by atoms with Gasteiger partial charge in [0.15, 0.2) is 0 Å². The summed E-state index contributed by atoms with van der Waals surface area (Å²) < 4.78 is 26.5. The van der Waals surface area contributed by atoms with E-state index in [1.807, 2.05) is 13.1 Å². The van der Waals surface area contributed by atoms with Gasteiger partial charge in [-0.25, -0.2) is 8.78 Å². The minimum atomic E-state index is -0.425. The summed E-state index contributed by atoms with van der Waals surface area (Å²) in [4.78, 5) is 0. The normalized spacial score (nSPS) is 12.4. The van der Waals surface area contributed by atoms with Gasteiger partial charge in [0.1, 0.15) is 11.6 Å². The molecule has 0 aliphatic rings. The van der Waals surface area contributed by atoms with Gasteiger partial charge < -0.3 is 5.32 Å². The Kier molecular flexibility index (Phi) is 5.10.